The smallest absolute Gasteiger partial charge is 0.233 e. The first-order valence-electron chi connectivity index (χ1n) is 12.8. The molecule has 39 heavy (non-hydrogen) atoms. The highest BCUT2D eigenvalue weighted by molar-refractivity contribution is 6.00. The van der Waals surface area contributed by atoms with E-state index < -0.39 is 18.6 Å². The second-order valence-corrected chi connectivity index (χ2v) is 10.2. The van der Waals surface area contributed by atoms with Crippen molar-refractivity contribution < 1.29 is 19.8 Å². The minimum absolute atomic E-state index is 0.108. The van der Waals surface area contributed by atoms with Crippen LogP contribution >= 0.6 is 0 Å². The lowest BCUT2D eigenvalue weighted by molar-refractivity contribution is -0.147. The van der Waals surface area contributed by atoms with E-state index in [2.05, 4.69) is 15.1 Å². The van der Waals surface area contributed by atoms with Crippen molar-refractivity contribution in [3.05, 3.63) is 60.3 Å². The van der Waals surface area contributed by atoms with Crippen molar-refractivity contribution in [1.82, 2.24) is 29.5 Å². The van der Waals surface area contributed by atoms with Gasteiger partial charge in [0.25, 0.3) is 0 Å². The van der Waals surface area contributed by atoms with Gasteiger partial charge in [0.15, 0.2) is 11.4 Å². The molecular weight excluding hydrogens is 498 g/mol. The highest BCUT2D eigenvalue weighted by Gasteiger charge is 2.38. The average Bonchev–Trinajstić information content (AvgIpc) is 3.41. The van der Waals surface area contributed by atoms with E-state index in [1.807, 2.05) is 24.3 Å². The fourth-order valence-electron chi connectivity index (χ4n) is 5.05. The maximum Gasteiger partial charge on any atom is 0.233 e. The van der Waals surface area contributed by atoms with Crippen LogP contribution in [0, 0.1) is 5.41 Å². The molecule has 0 saturated carbocycles. The number of pyridine rings is 2. The van der Waals surface area contributed by atoms with Gasteiger partial charge in [-0.25, -0.2) is 4.98 Å². The molecule has 4 aromatic heterocycles. The fraction of sp³-hybridized carbons (Fsp3) is 0.357. The maximum atomic E-state index is 12.9. The minimum Gasteiger partial charge on any atom is -0.395 e. The lowest BCUT2D eigenvalue weighted by Gasteiger charge is -2.37. The zero-order valence-corrected chi connectivity index (χ0v) is 21.9. The first-order valence-corrected chi connectivity index (χ1v) is 12.8. The molecule has 0 aliphatic carbocycles. The number of hydrogen-bond donors (Lipinski definition) is 3. The normalized spacial score (nSPS) is 14.6. The Balaban J connectivity index is 1.48. The molecule has 11 heteroatoms. The molecule has 0 aromatic carbocycles. The quantitative estimate of drug-likeness (QED) is 0.305. The van der Waals surface area contributed by atoms with Gasteiger partial charge >= 0.3 is 0 Å². The van der Waals surface area contributed by atoms with Crippen LogP contribution in [0.5, 0.6) is 0 Å². The number of ketones is 1. The van der Waals surface area contributed by atoms with E-state index in [-0.39, 0.29) is 23.4 Å². The molecule has 4 N–H and O–H groups in total. The Hall–Kier alpha value is -4.22. The molecule has 11 nitrogen and oxygen atoms in total. The summed E-state index contributed by atoms with van der Waals surface area (Å²) >= 11 is 0. The number of nitrogens with zero attached hydrogens (tertiary/aromatic N) is 6. The van der Waals surface area contributed by atoms with E-state index in [1.54, 1.807) is 36.6 Å². The van der Waals surface area contributed by atoms with Crippen molar-refractivity contribution >= 4 is 23.2 Å². The monoisotopic (exact) mass is 529 g/mol. The molecule has 0 radical (unpaired) electrons. The number of likely N-dealkylation sites (tertiary alicyclic amines) is 1. The summed E-state index contributed by atoms with van der Waals surface area (Å²) in [6.45, 7) is 2.96. The summed E-state index contributed by atoms with van der Waals surface area (Å²) in [6.07, 6.45) is 8.00. The largest absolute Gasteiger partial charge is 0.395 e. The number of anilines is 1. The summed E-state index contributed by atoms with van der Waals surface area (Å²) in [7, 11) is 0. The number of aromatic nitrogens is 5. The summed E-state index contributed by atoms with van der Waals surface area (Å²) in [6, 6.07) is 7.64. The first kappa shape index (κ1) is 26.4. The predicted octanol–water partition coefficient (Wildman–Crippen LogP) is 2.33. The first-order chi connectivity index (χ1) is 18.8. The number of carbonyl (C=O) groups is 2. The second kappa shape index (κ2) is 10.5. The number of hydrogen-bond acceptors (Lipinski definition) is 9. The Bertz CT molecular complexity index is 1510. The van der Waals surface area contributed by atoms with Crippen LogP contribution in [0.1, 0.15) is 48.7 Å². The Morgan fingerprint density at radius 1 is 1.08 bits per heavy atom. The van der Waals surface area contributed by atoms with Crippen LogP contribution in [0.3, 0.4) is 0 Å². The van der Waals surface area contributed by atoms with Crippen molar-refractivity contribution in [2.24, 2.45) is 5.41 Å². The zero-order chi connectivity index (χ0) is 27.7. The second-order valence-electron chi connectivity index (χ2n) is 10.2. The summed E-state index contributed by atoms with van der Waals surface area (Å²) in [4.78, 5) is 40.9. The van der Waals surface area contributed by atoms with E-state index in [1.165, 1.54) is 11.4 Å². The van der Waals surface area contributed by atoms with Crippen molar-refractivity contribution in [2.75, 3.05) is 32.0 Å². The molecule has 1 saturated heterocycles. The van der Waals surface area contributed by atoms with Gasteiger partial charge in [-0.1, -0.05) is 6.07 Å². The number of aliphatic hydroxyl groups excluding tert-OH is 2. The summed E-state index contributed by atoms with van der Waals surface area (Å²) in [5.41, 5.74) is 9.94. The van der Waals surface area contributed by atoms with E-state index in [4.69, 9.17) is 10.7 Å². The van der Waals surface area contributed by atoms with Crippen molar-refractivity contribution in [3.63, 3.8) is 0 Å². The number of rotatable bonds is 7. The van der Waals surface area contributed by atoms with E-state index in [9.17, 15) is 19.8 Å². The van der Waals surface area contributed by atoms with Gasteiger partial charge < -0.3 is 20.8 Å². The zero-order valence-electron chi connectivity index (χ0n) is 21.9. The van der Waals surface area contributed by atoms with Crippen LogP contribution in [0.15, 0.2) is 49.1 Å². The van der Waals surface area contributed by atoms with Crippen LogP contribution in [-0.2, 0) is 4.79 Å². The van der Waals surface area contributed by atoms with E-state index in [0.717, 1.165) is 22.4 Å². The average molecular weight is 530 g/mol. The lowest BCUT2D eigenvalue weighted by Crippen LogP contribution is -2.49. The Kier molecular flexibility index (Phi) is 7.11. The number of aliphatic hydroxyl groups is 2. The van der Waals surface area contributed by atoms with Gasteiger partial charge in [0.2, 0.25) is 5.91 Å². The summed E-state index contributed by atoms with van der Waals surface area (Å²) in [5.74, 6) is -0.382. The third-order valence-corrected chi connectivity index (χ3v) is 7.48. The predicted molar refractivity (Wildman–Crippen MR) is 145 cm³/mol. The molecule has 5 heterocycles. The molecule has 0 spiro atoms. The highest BCUT2D eigenvalue weighted by atomic mass is 16.3. The third-order valence-electron chi connectivity index (χ3n) is 7.48. The number of nitrogen functional groups attached to an aromatic ring is 1. The molecule has 1 aliphatic rings. The lowest BCUT2D eigenvalue weighted by atomic mass is 9.86. The van der Waals surface area contributed by atoms with E-state index in [0.29, 0.717) is 42.8 Å². The SMILES string of the molecule is CC(=O)c1c(C2CCN(C(=O)C(C)(CO)CO)CC2)nc2c(-c3ccc(-c4cccnc4)nc3)cnn2c1N. The summed E-state index contributed by atoms with van der Waals surface area (Å²) < 4.78 is 1.48. The molecular formula is C28H31N7O4. The molecule has 0 bridgehead atoms. The van der Waals surface area contributed by atoms with Gasteiger partial charge in [0, 0.05) is 54.3 Å². The Morgan fingerprint density at radius 2 is 1.82 bits per heavy atom. The third kappa shape index (κ3) is 4.75. The van der Waals surface area contributed by atoms with Crippen molar-refractivity contribution in [2.45, 2.75) is 32.6 Å². The number of piperidine rings is 1. The number of Topliss-reactive ketones (excluding diaryl/α,β-unsaturated/α-hetero) is 1. The van der Waals surface area contributed by atoms with E-state index >= 15 is 0 Å². The Labute approximate surface area is 225 Å². The van der Waals surface area contributed by atoms with Crippen LogP contribution in [0.2, 0.25) is 0 Å². The fourth-order valence-corrected chi connectivity index (χ4v) is 5.05. The molecule has 1 aliphatic heterocycles. The minimum atomic E-state index is -1.23. The standard InChI is InChI=1S/C28H31N7O4/c1-17(38)23-24(18-7-10-34(11-8-18)27(39)28(2,15-36)16-37)33-26-21(14-32-35(26)25(23)29)19-5-6-22(31-13-19)20-4-3-9-30-12-20/h3-6,9,12-14,18,36-37H,7-8,10-11,15-16,29H2,1-2H3. The number of nitrogens with two attached hydrogens (primary N) is 1. The maximum absolute atomic E-state index is 12.9. The van der Waals surface area contributed by atoms with Gasteiger partial charge in [-0.2, -0.15) is 9.61 Å². The van der Waals surface area contributed by atoms with Gasteiger partial charge in [-0.15, -0.1) is 0 Å². The molecule has 0 atom stereocenters. The van der Waals surface area contributed by atoms with Gasteiger partial charge in [-0.3, -0.25) is 19.6 Å². The molecule has 0 unspecified atom stereocenters. The van der Waals surface area contributed by atoms with Gasteiger partial charge in [0.05, 0.1) is 41.8 Å². The van der Waals surface area contributed by atoms with Crippen LogP contribution in [0.25, 0.3) is 28.0 Å². The van der Waals surface area contributed by atoms with Crippen molar-refractivity contribution in [1.29, 1.82) is 0 Å². The molecule has 1 fully saturated rings. The Morgan fingerprint density at radius 3 is 2.41 bits per heavy atom. The number of carbonyl (C=O) groups excluding carboxylic acids is 2. The highest BCUT2D eigenvalue weighted by Crippen LogP contribution is 2.35. The molecule has 4 aromatic rings. The van der Waals surface area contributed by atoms with Crippen LogP contribution < -0.4 is 5.73 Å². The number of fused-ring (bicyclic) bond motifs is 1. The number of amides is 1. The molecule has 1 amide bonds. The van der Waals surface area contributed by atoms with Crippen LogP contribution in [-0.4, -0.2) is 77.7 Å². The van der Waals surface area contributed by atoms with Gasteiger partial charge in [-0.05, 0) is 44.9 Å². The topological polar surface area (TPSA) is 160 Å². The molecule has 5 rings (SSSR count). The summed E-state index contributed by atoms with van der Waals surface area (Å²) in [5, 5.41) is 23.7. The van der Waals surface area contributed by atoms with Gasteiger partial charge in [0.1, 0.15) is 5.82 Å². The van der Waals surface area contributed by atoms with Crippen LogP contribution in [0.4, 0.5) is 5.82 Å². The van der Waals surface area contributed by atoms with Crippen molar-refractivity contribution in [3.8, 4) is 22.4 Å². The molecule has 202 valence electrons.